The van der Waals surface area contributed by atoms with Gasteiger partial charge in [0.25, 0.3) is 0 Å². The topological polar surface area (TPSA) is 78.9 Å². The summed E-state index contributed by atoms with van der Waals surface area (Å²) in [6.07, 6.45) is 74.3. The van der Waals surface area contributed by atoms with E-state index in [-0.39, 0.29) is 31.1 Å². The molecule has 0 saturated heterocycles. The monoisotopic (exact) mass is 1050 g/mol. The van der Waals surface area contributed by atoms with Crippen molar-refractivity contribution in [1.29, 1.82) is 0 Å². The maximum atomic E-state index is 12.9. The summed E-state index contributed by atoms with van der Waals surface area (Å²) in [7, 11) is 0. The van der Waals surface area contributed by atoms with Crippen LogP contribution >= 0.6 is 0 Å². The molecule has 440 valence electrons. The number of esters is 3. The number of ether oxygens (including phenoxy) is 3. The summed E-state index contributed by atoms with van der Waals surface area (Å²) in [5.74, 6) is -0.829. The minimum Gasteiger partial charge on any atom is -0.462 e. The smallest absolute Gasteiger partial charge is 0.306 e. The van der Waals surface area contributed by atoms with E-state index < -0.39 is 6.10 Å². The zero-order valence-electron chi connectivity index (χ0n) is 50.7. The average molecular weight is 1050 g/mol. The van der Waals surface area contributed by atoms with E-state index in [2.05, 4.69) is 20.8 Å². The van der Waals surface area contributed by atoms with Crippen LogP contribution in [0.15, 0.2) is 0 Å². The zero-order chi connectivity index (χ0) is 53.6. The molecule has 0 N–H and O–H groups in total. The van der Waals surface area contributed by atoms with E-state index in [1.807, 2.05) is 0 Å². The van der Waals surface area contributed by atoms with Crippen LogP contribution in [0.3, 0.4) is 0 Å². The molecular formula is C68H132O6. The highest BCUT2D eigenvalue weighted by Crippen LogP contribution is 2.19. The molecule has 6 nitrogen and oxygen atoms in total. The first-order valence-electron chi connectivity index (χ1n) is 34.0. The fourth-order valence-corrected chi connectivity index (χ4v) is 10.7. The number of hydrogen-bond acceptors (Lipinski definition) is 6. The van der Waals surface area contributed by atoms with Crippen molar-refractivity contribution in [2.24, 2.45) is 0 Å². The van der Waals surface area contributed by atoms with E-state index in [1.54, 1.807) is 0 Å². The Labute approximate surface area is 463 Å². The predicted molar refractivity (Wildman–Crippen MR) is 321 cm³/mol. The van der Waals surface area contributed by atoms with Crippen LogP contribution in [-0.4, -0.2) is 37.2 Å². The van der Waals surface area contributed by atoms with E-state index in [4.69, 9.17) is 14.2 Å². The van der Waals surface area contributed by atoms with Crippen LogP contribution in [0.1, 0.15) is 400 Å². The van der Waals surface area contributed by atoms with Gasteiger partial charge in [-0.2, -0.15) is 0 Å². The Bertz CT molecular complexity index is 1110. The second kappa shape index (κ2) is 63.9. The lowest BCUT2D eigenvalue weighted by Crippen LogP contribution is -2.30. The lowest BCUT2D eigenvalue weighted by atomic mass is 10.0. The molecule has 0 bridgehead atoms. The van der Waals surface area contributed by atoms with Crippen molar-refractivity contribution in [3.63, 3.8) is 0 Å². The Balaban J connectivity index is 4.02. The first-order chi connectivity index (χ1) is 36.5. The molecule has 0 amide bonds. The lowest BCUT2D eigenvalue weighted by molar-refractivity contribution is -0.167. The maximum absolute atomic E-state index is 12.9. The van der Waals surface area contributed by atoms with Gasteiger partial charge >= 0.3 is 17.9 Å². The zero-order valence-corrected chi connectivity index (χ0v) is 50.7. The minimum absolute atomic E-state index is 0.0609. The van der Waals surface area contributed by atoms with Gasteiger partial charge in [-0.15, -0.1) is 0 Å². The highest BCUT2D eigenvalue weighted by molar-refractivity contribution is 5.71. The molecule has 0 rings (SSSR count). The third kappa shape index (κ3) is 61.3. The van der Waals surface area contributed by atoms with E-state index >= 15 is 0 Å². The van der Waals surface area contributed by atoms with Crippen LogP contribution < -0.4 is 0 Å². The third-order valence-electron chi connectivity index (χ3n) is 15.9. The van der Waals surface area contributed by atoms with Gasteiger partial charge in [0.2, 0.25) is 0 Å². The second-order valence-corrected chi connectivity index (χ2v) is 23.5. The SMILES string of the molecule is CCCCCCCCCCCCCCCCCCCCCCCCCCCCCCCCCC(=O)OCC(COC(=O)CCCCCCCCCCCCC)OC(=O)CCCCCCCCCCCCCCCC. The molecule has 6 heteroatoms. The van der Waals surface area contributed by atoms with Crippen molar-refractivity contribution < 1.29 is 28.6 Å². The Kier molecular flexibility index (Phi) is 62.6. The number of unbranched alkanes of at least 4 members (excludes halogenated alkanes) is 53. The van der Waals surface area contributed by atoms with Crippen molar-refractivity contribution in [3.05, 3.63) is 0 Å². The summed E-state index contributed by atoms with van der Waals surface area (Å²) in [6.45, 7) is 6.71. The molecule has 0 aliphatic heterocycles. The molecule has 0 radical (unpaired) electrons. The van der Waals surface area contributed by atoms with Crippen LogP contribution in [-0.2, 0) is 28.6 Å². The molecule has 0 aliphatic carbocycles. The molecular weight excluding hydrogens is 913 g/mol. The fourth-order valence-electron chi connectivity index (χ4n) is 10.7. The molecule has 74 heavy (non-hydrogen) atoms. The van der Waals surface area contributed by atoms with Crippen molar-refractivity contribution in [3.8, 4) is 0 Å². The molecule has 1 atom stereocenters. The lowest BCUT2D eigenvalue weighted by Gasteiger charge is -2.18. The number of hydrogen-bond donors (Lipinski definition) is 0. The summed E-state index contributed by atoms with van der Waals surface area (Å²) in [6, 6.07) is 0. The highest BCUT2D eigenvalue weighted by Gasteiger charge is 2.19. The summed E-state index contributed by atoms with van der Waals surface area (Å²) >= 11 is 0. The molecule has 0 aliphatic rings. The Morgan fingerprint density at radius 1 is 0.216 bits per heavy atom. The third-order valence-corrected chi connectivity index (χ3v) is 15.9. The quantitative estimate of drug-likeness (QED) is 0.0343. The maximum Gasteiger partial charge on any atom is 0.306 e. The van der Waals surface area contributed by atoms with Crippen molar-refractivity contribution in [2.45, 2.75) is 406 Å². The number of carbonyl (C=O) groups is 3. The molecule has 0 heterocycles. The summed E-state index contributed by atoms with van der Waals surface area (Å²) in [5, 5.41) is 0. The summed E-state index contributed by atoms with van der Waals surface area (Å²) in [4.78, 5) is 38.2. The largest absolute Gasteiger partial charge is 0.462 e. The van der Waals surface area contributed by atoms with E-state index in [0.717, 1.165) is 57.8 Å². The molecule has 0 aromatic heterocycles. The van der Waals surface area contributed by atoms with Crippen LogP contribution in [0.5, 0.6) is 0 Å². The van der Waals surface area contributed by atoms with E-state index in [0.29, 0.717) is 19.3 Å². The van der Waals surface area contributed by atoms with Gasteiger partial charge in [-0.1, -0.05) is 361 Å². The van der Waals surface area contributed by atoms with E-state index in [9.17, 15) is 14.4 Å². The summed E-state index contributed by atoms with van der Waals surface area (Å²) < 4.78 is 16.9. The average Bonchev–Trinajstić information content (AvgIpc) is 3.40. The first kappa shape index (κ1) is 72.4. The van der Waals surface area contributed by atoms with Gasteiger partial charge in [0.1, 0.15) is 13.2 Å². The van der Waals surface area contributed by atoms with Crippen molar-refractivity contribution in [1.82, 2.24) is 0 Å². The van der Waals surface area contributed by atoms with Crippen molar-refractivity contribution in [2.75, 3.05) is 13.2 Å². The molecule has 1 unspecified atom stereocenters. The van der Waals surface area contributed by atoms with Gasteiger partial charge in [-0.05, 0) is 19.3 Å². The van der Waals surface area contributed by atoms with Gasteiger partial charge in [0.05, 0.1) is 0 Å². The van der Waals surface area contributed by atoms with Crippen LogP contribution in [0.4, 0.5) is 0 Å². The van der Waals surface area contributed by atoms with Gasteiger partial charge in [-0.3, -0.25) is 14.4 Å². The van der Waals surface area contributed by atoms with Crippen LogP contribution in [0, 0.1) is 0 Å². The standard InChI is InChI=1S/C68H132O6/c1-4-7-10-13-16-19-22-24-26-27-28-29-30-31-32-33-34-35-36-37-38-39-40-41-42-44-46-49-52-55-58-61-67(70)73-64-65(63-72-66(69)60-57-54-51-48-45-21-18-15-12-9-6-3)74-68(71)62-59-56-53-50-47-43-25-23-20-17-14-11-8-5-2/h65H,4-64H2,1-3H3. The Morgan fingerprint density at radius 2 is 0.365 bits per heavy atom. The van der Waals surface area contributed by atoms with Gasteiger partial charge in [0, 0.05) is 19.3 Å². The minimum atomic E-state index is -0.761. The predicted octanol–water partition coefficient (Wildman–Crippen LogP) is 23.1. The van der Waals surface area contributed by atoms with Crippen LogP contribution in [0.25, 0.3) is 0 Å². The molecule has 0 spiro atoms. The number of carbonyl (C=O) groups excluding carboxylic acids is 3. The Morgan fingerprint density at radius 3 is 0.541 bits per heavy atom. The van der Waals surface area contributed by atoms with Gasteiger partial charge < -0.3 is 14.2 Å². The molecule has 0 fully saturated rings. The molecule has 0 saturated carbocycles. The number of rotatable bonds is 64. The van der Waals surface area contributed by atoms with Gasteiger partial charge in [-0.25, -0.2) is 0 Å². The normalized spacial score (nSPS) is 11.9. The Hall–Kier alpha value is -1.59. The van der Waals surface area contributed by atoms with Gasteiger partial charge in [0.15, 0.2) is 6.10 Å². The second-order valence-electron chi connectivity index (χ2n) is 23.5. The van der Waals surface area contributed by atoms with Crippen LogP contribution in [0.2, 0.25) is 0 Å². The first-order valence-corrected chi connectivity index (χ1v) is 34.0. The highest BCUT2D eigenvalue weighted by atomic mass is 16.6. The van der Waals surface area contributed by atoms with E-state index in [1.165, 1.54) is 302 Å². The molecule has 0 aromatic carbocycles. The summed E-state index contributed by atoms with van der Waals surface area (Å²) in [5.41, 5.74) is 0. The van der Waals surface area contributed by atoms with Crippen molar-refractivity contribution >= 4 is 17.9 Å². The fraction of sp³-hybridized carbons (Fsp3) is 0.956. The molecule has 0 aromatic rings.